The second-order valence-electron chi connectivity index (χ2n) is 7.69. The number of carbonyl (C=O) groups excluding carboxylic acids is 3. The first-order valence-corrected chi connectivity index (χ1v) is 10.4. The molecule has 5 aromatic rings. The molecule has 2 heterocycles. The largest absolute Gasteiger partial charge is 0.465 e. The van der Waals surface area contributed by atoms with E-state index >= 15 is 0 Å². The summed E-state index contributed by atoms with van der Waals surface area (Å²) >= 11 is 0. The van der Waals surface area contributed by atoms with Gasteiger partial charge in [0.2, 0.25) is 5.78 Å². The first kappa shape index (κ1) is 21.3. The Labute approximate surface area is 193 Å². The highest BCUT2D eigenvalue weighted by Crippen LogP contribution is 2.34. The molecule has 3 aromatic carbocycles. The highest BCUT2D eigenvalue weighted by Gasteiger charge is 2.33. The number of benzene rings is 3. The zero-order valence-electron chi connectivity index (χ0n) is 18.3. The first-order chi connectivity index (χ1) is 16.5. The fourth-order valence-corrected chi connectivity index (χ4v) is 4.38. The predicted molar refractivity (Wildman–Crippen MR) is 125 cm³/mol. The Hall–Kier alpha value is -4.52. The summed E-state index contributed by atoms with van der Waals surface area (Å²) in [5, 5.41) is 2.76. The maximum absolute atomic E-state index is 13.7. The lowest BCUT2D eigenvalue weighted by Gasteiger charge is -2.10. The molecule has 0 unspecified atom stereocenters. The van der Waals surface area contributed by atoms with Gasteiger partial charge in [0, 0.05) is 10.9 Å². The molecule has 34 heavy (non-hydrogen) atoms. The van der Waals surface area contributed by atoms with Crippen LogP contribution in [0.5, 0.6) is 0 Å². The minimum atomic E-state index is -0.858. The van der Waals surface area contributed by atoms with Crippen LogP contribution in [0.4, 0.5) is 4.39 Å². The maximum atomic E-state index is 13.7. The van der Waals surface area contributed by atoms with E-state index in [9.17, 15) is 18.8 Å². The van der Waals surface area contributed by atoms with Crippen LogP contribution >= 0.6 is 0 Å². The van der Waals surface area contributed by atoms with Gasteiger partial charge >= 0.3 is 11.9 Å². The average molecular weight is 455 g/mol. The maximum Gasteiger partial charge on any atom is 0.341 e. The van der Waals surface area contributed by atoms with Crippen molar-refractivity contribution in [3.8, 4) is 0 Å². The third kappa shape index (κ3) is 3.13. The van der Waals surface area contributed by atoms with Gasteiger partial charge in [0.25, 0.3) is 0 Å². The molecule has 0 amide bonds. The summed E-state index contributed by atoms with van der Waals surface area (Å²) in [6.07, 6.45) is 0. The summed E-state index contributed by atoms with van der Waals surface area (Å²) in [6.45, 7) is 0. The molecule has 0 fully saturated rings. The van der Waals surface area contributed by atoms with Crippen LogP contribution in [-0.2, 0) is 9.47 Å². The van der Waals surface area contributed by atoms with Crippen LogP contribution < -0.4 is 0 Å². The van der Waals surface area contributed by atoms with Gasteiger partial charge in [-0.25, -0.2) is 14.0 Å². The lowest BCUT2D eigenvalue weighted by atomic mass is 10.0. The van der Waals surface area contributed by atoms with Gasteiger partial charge in [-0.05, 0) is 47.2 Å². The van der Waals surface area contributed by atoms with Crippen LogP contribution in [0.25, 0.3) is 27.2 Å². The molecule has 0 saturated heterocycles. The predicted octanol–water partition coefficient (Wildman–Crippen LogP) is 5.19. The Morgan fingerprint density at radius 2 is 1.35 bits per heavy atom. The Morgan fingerprint density at radius 3 is 2.06 bits per heavy atom. The van der Waals surface area contributed by atoms with Crippen molar-refractivity contribution in [3.63, 3.8) is 0 Å². The molecule has 0 spiro atoms. The standard InChI is InChI=1S/C27H18FNO5/c1-33-26(31)22-21-14-12-19-18-6-4-3-5-15(18)9-13-20(19)29(21)24(23(22)27(32)34-2)25(30)16-7-10-17(28)11-8-16/h3-14H,1-2H3. The van der Waals surface area contributed by atoms with E-state index in [4.69, 9.17) is 9.47 Å². The van der Waals surface area contributed by atoms with E-state index in [1.807, 2.05) is 42.5 Å². The van der Waals surface area contributed by atoms with Gasteiger partial charge in [-0.2, -0.15) is 0 Å². The van der Waals surface area contributed by atoms with Crippen LogP contribution in [0, 0.1) is 5.82 Å². The van der Waals surface area contributed by atoms with Crippen molar-refractivity contribution < 1.29 is 28.2 Å². The van der Waals surface area contributed by atoms with E-state index in [1.165, 1.54) is 26.4 Å². The Bertz CT molecular complexity index is 1630. The smallest absolute Gasteiger partial charge is 0.341 e. The summed E-state index contributed by atoms with van der Waals surface area (Å²) < 4.78 is 25.0. The summed E-state index contributed by atoms with van der Waals surface area (Å²) in [7, 11) is 2.37. The molecular formula is C27H18FNO5. The molecule has 0 atom stereocenters. The molecule has 168 valence electrons. The van der Waals surface area contributed by atoms with Crippen LogP contribution in [0.1, 0.15) is 36.8 Å². The highest BCUT2D eigenvalue weighted by atomic mass is 19.1. The van der Waals surface area contributed by atoms with Gasteiger partial charge in [-0.1, -0.05) is 36.4 Å². The van der Waals surface area contributed by atoms with Crippen molar-refractivity contribution in [3.05, 3.63) is 101 Å². The monoisotopic (exact) mass is 455 g/mol. The number of fused-ring (bicyclic) bond motifs is 5. The molecule has 0 N–H and O–H groups in total. The van der Waals surface area contributed by atoms with Crippen LogP contribution in [-0.4, -0.2) is 36.3 Å². The second kappa shape index (κ2) is 8.12. The first-order valence-electron chi connectivity index (χ1n) is 10.4. The van der Waals surface area contributed by atoms with Crippen LogP contribution in [0.3, 0.4) is 0 Å². The Balaban J connectivity index is 1.98. The van der Waals surface area contributed by atoms with Crippen molar-refractivity contribution in [2.45, 2.75) is 0 Å². The van der Waals surface area contributed by atoms with Crippen molar-refractivity contribution in [2.24, 2.45) is 0 Å². The molecule has 2 aromatic heterocycles. The van der Waals surface area contributed by atoms with Crippen molar-refractivity contribution >= 4 is 44.9 Å². The molecular weight excluding hydrogens is 437 g/mol. The number of pyridine rings is 1. The molecule has 0 aliphatic carbocycles. The zero-order chi connectivity index (χ0) is 24.0. The molecule has 0 saturated carbocycles. The molecule has 7 heteroatoms. The zero-order valence-corrected chi connectivity index (χ0v) is 18.3. The number of carbonyl (C=O) groups is 3. The summed E-state index contributed by atoms with van der Waals surface area (Å²) in [6, 6.07) is 20.0. The third-order valence-corrected chi connectivity index (χ3v) is 5.90. The number of nitrogens with zero attached hydrogens (tertiary/aromatic N) is 1. The van der Waals surface area contributed by atoms with E-state index in [2.05, 4.69) is 0 Å². The van der Waals surface area contributed by atoms with Crippen LogP contribution in [0.15, 0.2) is 72.8 Å². The number of esters is 2. The summed E-state index contributed by atoms with van der Waals surface area (Å²) in [5.74, 6) is -2.71. The average Bonchev–Trinajstić information content (AvgIpc) is 3.23. The lowest BCUT2D eigenvalue weighted by Crippen LogP contribution is -2.15. The number of hydrogen-bond donors (Lipinski definition) is 0. The van der Waals surface area contributed by atoms with Gasteiger partial charge in [-0.3, -0.25) is 4.79 Å². The number of aromatic nitrogens is 1. The number of rotatable bonds is 4. The molecule has 0 aliphatic rings. The second-order valence-corrected chi connectivity index (χ2v) is 7.69. The topological polar surface area (TPSA) is 74.1 Å². The van der Waals surface area contributed by atoms with E-state index in [0.29, 0.717) is 11.0 Å². The van der Waals surface area contributed by atoms with Crippen molar-refractivity contribution in [2.75, 3.05) is 14.2 Å². The van der Waals surface area contributed by atoms with Gasteiger partial charge in [-0.15, -0.1) is 0 Å². The van der Waals surface area contributed by atoms with Gasteiger partial charge in [0.05, 0.1) is 25.3 Å². The SMILES string of the molecule is COC(=O)c1c(C(=O)OC)c2ccc3c4ccccc4ccc3n2c1C(=O)c1ccc(F)cc1. The summed E-state index contributed by atoms with van der Waals surface area (Å²) in [4.78, 5) is 39.5. The molecule has 0 bridgehead atoms. The fourth-order valence-electron chi connectivity index (χ4n) is 4.38. The number of methoxy groups -OCH3 is 2. The van der Waals surface area contributed by atoms with Gasteiger partial charge in [0.1, 0.15) is 22.6 Å². The quantitative estimate of drug-likeness (QED) is 0.212. The van der Waals surface area contributed by atoms with Crippen molar-refractivity contribution in [1.29, 1.82) is 0 Å². The number of hydrogen-bond acceptors (Lipinski definition) is 5. The molecule has 0 aliphatic heterocycles. The molecule has 5 rings (SSSR count). The van der Waals surface area contributed by atoms with E-state index in [1.54, 1.807) is 10.5 Å². The van der Waals surface area contributed by atoms with Crippen LogP contribution in [0.2, 0.25) is 0 Å². The van der Waals surface area contributed by atoms with E-state index in [0.717, 1.165) is 28.3 Å². The minimum absolute atomic E-state index is 0.0604. The summed E-state index contributed by atoms with van der Waals surface area (Å²) in [5.41, 5.74) is 0.747. The molecule has 0 radical (unpaired) electrons. The number of ketones is 1. The number of ether oxygens (including phenoxy) is 2. The Morgan fingerprint density at radius 1 is 0.706 bits per heavy atom. The lowest BCUT2D eigenvalue weighted by molar-refractivity contribution is 0.0556. The number of halogens is 1. The van der Waals surface area contributed by atoms with E-state index < -0.39 is 23.5 Å². The van der Waals surface area contributed by atoms with Gasteiger partial charge < -0.3 is 13.9 Å². The Kier molecular flexibility index (Phi) is 5.09. The normalized spacial score (nSPS) is 11.1. The third-order valence-electron chi connectivity index (χ3n) is 5.90. The molecule has 6 nitrogen and oxygen atoms in total. The minimum Gasteiger partial charge on any atom is -0.465 e. The van der Waals surface area contributed by atoms with E-state index in [-0.39, 0.29) is 22.4 Å². The van der Waals surface area contributed by atoms with Crippen molar-refractivity contribution in [1.82, 2.24) is 4.40 Å². The fraction of sp³-hybridized carbons (Fsp3) is 0.0741. The van der Waals surface area contributed by atoms with Gasteiger partial charge in [0.15, 0.2) is 0 Å². The highest BCUT2D eigenvalue weighted by molar-refractivity contribution is 6.21.